The zero-order chi connectivity index (χ0) is 13.0. The van der Waals surface area contributed by atoms with Crippen LogP contribution in [0.3, 0.4) is 0 Å². The minimum Gasteiger partial charge on any atom is -0.396 e. The first-order valence-electron chi connectivity index (χ1n) is 6.89. The highest BCUT2D eigenvalue weighted by atomic mass is 16.3. The molecule has 4 N–H and O–H groups in total. The maximum atomic E-state index is 8.92. The van der Waals surface area contributed by atoms with Crippen LogP contribution in [-0.2, 0) is 5.54 Å². The Morgan fingerprint density at radius 3 is 2.94 bits per heavy atom. The van der Waals surface area contributed by atoms with Gasteiger partial charge in [0.05, 0.1) is 5.54 Å². The molecular formula is C15H24N2O. The molecule has 0 spiro atoms. The smallest absolute Gasteiger partial charge is 0.0561 e. The van der Waals surface area contributed by atoms with E-state index in [1.165, 1.54) is 17.5 Å². The van der Waals surface area contributed by atoms with Crippen molar-refractivity contribution in [2.75, 3.05) is 19.7 Å². The summed E-state index contributed by atoms with van der Waals surface area (Å²) >= 11 is 0. The zero-order valence-electron chi connectivity index (χ0n) is 11.2. The van der Waals surface area contributed by atoms with Crippen molar-refractivity contribution in [1.82, 2.24) is 5.32 Å². The summed E-state index contributed by atoms with van der Waals surface area (Å²) in [6.07, 6.45) is 3.02. The van der Waals surface area contributed by atoms with E-state index in [9.17, 15) is 0 Å². The lowest BCUT2D eigenvalue weighted by atomic mass is 9.72. The molecule has 0 aromatic heterocycles. The van der Waals surface area contributed by atoms with E-state index in [4.69, 9.17) is 10.8 Å². The molecule has 0 bridgehead atoms. The van der Waals surface area contributed by atoms with Gasteiger partial charge in [-0.05, 0) is 42.9 Å². The zero-order valence-corrected chi connectivity index (χ0v) is 11.2. The molecule has 1 aliphatic carbocycles. The number of benzene rings is 1. The first kappa shape index (κ1) is 13.5. The third-order valence-electron chi connectivity index (χ3n) is 4.16. The summed E-state index contributed by atoms with van der Waals surface area (Å²) in [6.45, 7) is 3.94. The Labute approximate surface area is 109 Å². The van der Waals surface area contributed by atoms with Crippen molar-refractivity contribution in [3.63, 3.8) is 0 Å². The molecule has 100 valence electrons. The Morgan fingerprint density at radius 2 is 2.22 bits per heavy atom. The van der Waals surface area contributed by atoms with Crippen LogP contribution in [0, 0.1) is 0 Å². The highest BCUT2D eigenvalue weighted by Crippen LogP contribution is 2.40. The predicted octanol–water partition coefficient (Wildman–Crippen LogP) is 1.71. The molecule has 18 heavy (non-hydrogen) atoms. The number of hydrogen-bond acceptors (Lipinski definition) is 3. The Hall–Kier alpha value is -0.900. The van der Waals surface area contributed by atoms with E-state index in [-0.39, 0.29) is 12.1 Å². The number of aliphatic hydroxyl groups is 1. The Balaban J connectivity index is 2.28. The van der Waals surface area contributed by atoms with Crippen LogP contribution < -0.4 is 11.1 Å². The Morgan fingerprint density at radius 1 is 1.44 bits per heavy atom. The van der Waals surface area contributed by atoms with E-state index in [1.807, 2.05) is 0 Å². The van der Waals surface area contributed by atoms with Crippen LogP contribution in [0.1, 0.15) is 43.2 Å². The highest BCUT2D eigenvalue weighted by Gasteiger charge is 2.36. The fourth-order valence-corrected chi connectivity index (χ4v) is 2.99. The number of aliphatic hydroxyl groups excluding tert-OH is 1. The van der Waals surface area contributed by atoms with Crippen LogP contribution in [0.25, 0.3) is 0 Å². The van der Waals surface area contributed by atoms with Gasteiger partial charge in [-0.15, -0.1) is 0 Å². The number of hydrogen-bond donors (Lipinski definition) is 3. The van der Waals surface area contributed by atoms with Crippen LogP contribution in [0.4, 0.5) is 0 Å². The fourth-order valence-electron chi connectivity index (χ4n) is 2.99. The number of nitrogens with one attached hydrogen (secondary N) is 1. The summed E-state index contributed by atoms with van der Waals surface area (Å²) in [4.78, 5) is 0. The predicted molar refractivity (Wildman–Crippen MR) is 74.5 cm³/mol. The van der Waals surface area contributed by atoms with Crippen molar-refractivity contribution in [2.24, 2.45) is 5.73 Å². The van der Waals surface area contributed by atoms with Gasteiger partial charge in [0.2, 0.25) is 0 Å². The molecular weight excluding hydrogens is 224 g/mol. The minimum atomic E-state index is -0.0989. The molecule has 0 amide bonds. The lowest BCUT2D eigenvalue weighted by Gasteiger charge is -2.41. The van der Waals surface area contributed by atoms with Crippen LogP contribution in [0.15, 0.2) is 24.3 Å². The summed E-state index contributed by atoms with van der Waals surface area (Å²) in [5.41, 5.74) is 8.73. The number of fused-ring (bicyclic) bond motifs is 1. The third-order valence-corrected chi connectivity index (χ3v) is 4.16. The summed E-state index contributed by atoms with van der Waals surface area (Å²) in [5.74, 6) is 0.612. The first-order valence-corrected chi connectivity index (χ1v) is 6.89. The Bertz CT molecular complexity index is 394. The highest BCUT2D eigenvalue weighted by molar-refractivity contribution is 5.39. The molecule has 3 nitrogen and oxygen atoms in total. The third kappa shape index (κ3) is 2.44. The number of rotatable bonds is 5. The molecule has 0 radical (unpaired) electrons. The van der Waals surface area contributed by atoms with E-state index >= 15 is 0 Å². The summed E-state index contributed by atoms with van der Waals surface area (Å²) < 4.78 is 0. The van der Waals surface area contributed by atoms with Crippen LogP contribution in [-0.4, -0.2) is 24.8 Å². The van der Waals surface area contributed by atoms with Gasteiger partial charge in [-0.25, -0.2) is 0 Å². The van der Waals surface area contributed by atoms with Crippen molar-refractivity contribution < 1.29 is 5.11 Å². The van der Waals surface area contributed by atoms with Gasteiger partial charge >= 0.3 is 0 Å². The fraction of sp³-hybridized carbons (Fsp3) is 0.600. The molecule has 0 heterocycles. The van der Waals surface area contributed by atoms with Crippen LogP contribution in [0.2, 0.25) is 0 Å². The van der Waals surface area contributed by atoms with Crippen molar-refractivity contribution in [2.45, 2.75) is 37.6 Å². The average Bonchev–Trinajstić information content (AvgIpc) is 2.42. The van der Waals surface area contributed by atoms with Crippen molar-refractivity contribution >= 4 is 0 Å². The lowest BCUT2D eigenvalue weighted by molar-refractivity contribution is 0.248. The molecule has 2 unspecified atom stereocenters. The molecule has 1 aliphatic rings. The van der Waals surface area contributed by atoms with Gasteiger partial charge < -0.3 is 16.2 Å². The molecule has 2 atom stereocenters. The van der Waals surface area contributed by atoms with Gasteiger partial charge in [0.1, 0.15) is 0 Å². The molecule has 0 aliphatic heterocycles. The topological polar surface area (TPSA) is 58.3 Å². The quantitative estimate of drug-likeness (QED) is 0.695. The monoisotopic (exact) mass is 248 g/mol. The van der Waals surface area contributed by atoms with Crippen molar-refractivity contribution in [3.8, 4) is 0 Å². The molecule has 0 saturated carbocycles. The SMILES string of the molecule is CC1CCC(CN)(NCCCO)c2ccccc21. The van der Waals surface area contributed by atoms with Crippen LogP contribution >= 0.6 is 0 Å². The van der Waals surface area contributed by atoms with E-state index in [1.54, 1.807) is 0 Å². The van der Waals surface area contributed by atoms with Crippen molar-refractivity contribution in [1.29, 1.82) is 0 Å². The second-order valence-corrected chi connectivity index (χ2v) is 5.32. The maximum absolute atomic E-state index is 8.92. The molecule has 1 aromatic carbocycles. The minimum absolute atomic E-state index is 0.0989. The lowest BCUT2D eigenvalue weighted by Crippen LogP contribution is -2.51. The molecule has 3 heteroatoms. The number of nitrogens with two attached hydrogens (primary N) is 1. The second-order valence-electron chi connectivity index (χ2n) is 5.32. The summed E-state index contributed by atoms with van der Waals surface area (Å²) in [7, 11) is 0. The molecule has 0 fully saturated rings. The largest absolute Gasteiger partial charge is 0.396 e. The summed E-state index contributed by atoms with van der Waals surface area (Å²) in [5, 5.41) is 12.5. The second kappa shape index (κ2) is 5.83. The molecule has 2 rings (SSSR count). The van der Waals surface area contributed by atoms with Gasteiger partial charge in [0, 0.05) is 13.2 Å². The van der Waals surface area contributed by atoms with E-state index in [2.05, 4.69) is 36.5 Å². The normalized spacial score (nSPS) is 26.9. The Kier molecular flexibility index (Phi) is 4.38. The summed E-state index contributed by atoms with van der Waals surface area (Å²) in [6, 6.07) is 8.62. The molecule has 1 aromatic rings. The van der Waals surface area contributed by atoms with E-state index in [0.29, 0.717) is 12.5 Å². The average molecular weight is 248 g/mol. The maximum Gasteiger partial charge on any atom is 0.0561 e. The van der Waals surface area contributed by atoms with E-state index in [0.717, 1.165) is 19.4 Å². The van der Waals surface area contributed by atoms with Crippen LogP contribution in [0.5, 0.6) is 0 Å². The molecule has 0 saturated heterocycles. The first-order chi connectivity index (χ1) is 8.73. The standard InChI is InChI=1S/C15H24N2O/c1-12-7-8-15(11-16,17-9-4-10-18)14-6-3-2-5-13(12)14/h2-3,5-6,12,17-18H,4,7-11,16H2,1H3. The van der Waals surface area contributed by atoms with Gasteiger partial charge in [-0.2, -0.15) is 0 Å². The van der Waals surface area contributed by atoms with Gasteiger partial charge in [-0.3, -0.25) is 0 Å². The van der Waals surface area contributed by atoms with Crippen molar-refractivity contribution in [3.05, 3.63) is 35.4 Å². The van der Waals surface area contributed by atoms with Gasteiger partial charge in [0.15, 0.2) is 0 Å². The van der Waals surface area contributed by atoms with E-state index < -0.39 is 0 Å². The van der Waals surface area contributed by atoms with Gasteiger partial charge in [0.25, 0.3) is 0 Å². The van der Waals surface area contributed by atoms with Gasteiger partial charge in [-0.1, -0.05) is 31.2 Å².